The molecule has 0 radical (unpaired) electrons. The van der Waals surface area contributed by atoms with Gasteiger partial charge in [0.05, 0.1) is 23.1 Å². The molecule has 0 spiro atoms. The number of nitrogens with one attached hydrogen (secondary N) is 1. The summed E-state index contributed by atoms with van der Waals surface area (Å²) < 4.78 is 5.45. The minimum absolute atomic E-state index is 0.138. The minimum Gasteiger partial charge on any atom is -0.461 e. The van der Waals surface area contributed by atoms with Crippen LogP contribution in [0, 0.1) is 0 Å². The number of hydrogen-bond donors (Lipinski definition) is 2. The highest BCUT2D eigenvalue weighted by Gasteiger charge is 2.25. The van der Waals surface area contributed by atoms with Gasteiger partial charge in [0.25, 0.3) is 5.91 Å². The summed E-state index contributed by atoms with van der Waals surface area (Å²) in [5, 5.41) is 5.02. The molecule has 5 rings (SSSR count). The number of benzene rings is 1. The molecule has 0 saturated carbocycles. The lowest BCUT2D eigenvalue weighted by molar-refractivity contribution is -0.113. The molecule has 0 bridgehead atoms. The van der Waals surface area contributed by atoms with Gasteiger partial charge < -0.3 is 15.5 Å². The van der Waals surface area contributed by atoms with Crippen LogP contribution in [0.1, 0.15) is 33.6 Å². The summed E-state index contributed by atoms with van der Waals surface area (Å²) in [4.78, 5) is 35.2. The van der Waals surface area contributed by atoms with Crippen molar-refractivity contribution in [3.63, 3.8) is 0 Å². The molecule has 3 N–H and O–H groups in total. The molecule has 9 heteroatoms. The molecule has 0 atom stereocenters. The van der Waals surface area contributed by atoms with Crippen LogP contribution in [0.15, 0.2) is 52.1 Å². The Hall–Kier alpha value is -3.17. The van der Waals surface area contributed by atoms with Crippen LogP contribution in [-0.2, 0) is 17.6 Å². The molecule has 4 aromatic rings. The first-order valence-corrected chi connectivity index (χ1v) is 12.1. The molecular weight excluding hydrogens is 444 g/mol. The number of nitrogens with two attached hydrogens (primary N) is 1. The molecule has 1 aromatic carbocycles. The maximum absolute atomic E-state index is 12.8. The number of anilines is 1. The summed E-state index contributed by atoms with van der Waals surface area (Å²) in [6.45, 7) is 0. The first-order chi connectivity index (χ1) is 15.6. The molecule has 3 aromatic heterocycles. The minimum atomic E-state index is -0.489. The van der Waals surface area contributed by atoms with Crippen molar-refractivity contribution in [2.75, 3.05) is 11.1 Å². The van der Waals surface area contributed by atoms with Gasteiger partial charge in [-0.3, -0.25) is 9.59 Å². The van der Waals surface area contributed by atoms with Gasteiger partial charge in [0.1, 0.15) is 10.0 Å². The summed E-state index contributed by atoms with van der Waals surface area (Å²) in [7, 11) is 0. The Balaban J connectivity index is 1.38. The van der Waals surface area contributed by atoms with Crippen LogP contribution in [0.2, 0.25) is 0 Å². The molecule has 1 aliphatic rings. The molecule has 32 heavy (non-hydrogen) atoms. The van der Waals surface area contributed by atoms with E-state index in [9.17, 15) is 9.59 Å². The molecule has 3 heterocycles. The third-order valence-corrected chi connectivity index (χ3v) is 7.52. The fourth-order valence-corrected chi connectivity index (χ4v) is 6.01. The average molecular weight is 465 g/mol. The van der Waals surface area contributed by atoms with Gasteiger partial charge >= 0.3 is 0 Å². The zero-order valence-electron chi connectivity index (χ0n) is 17.1. The second-order valence-corrected chi connectivity index (χ2v) is 9.53. The third kappa shape index (κ3) is 4.01. The summed E-state index contributed by atoms with van der Waals surface area (Å²) in [5.74, 6) is 0.478. The van der Waals surface area contributed by atoms with E-state index in [4.69, 9.17) is 10.2 Å². The van der Waals surface area contributed by atoms with Gasteiger partial charge in [0.15, 0.2) is 11.6 Å². The van der Waals surface area contributed by atoms with E-state index in [-0.39, 0.29) is 11.7 Å². The number of aromatic nitrogens is 2. The highest BCUT2D eigenvalue weighted by Crippen LogP contribution is 2.38. The second kappa shape index (κ2) is 8.76. The molecular formula is C23H20N4O3S2. The van der Waals surface area contributed by atoms with E-state index in [0.29, 0.717) is 27.2 Å². The first kappa shape index (κ1) is 20.7. The molecule has 7 nitrogen and oxygen atoms in total. The van der Waals surface area contributed by atoms with Crippen LogP contribution in [0.25, 0.3) is 22.5 Å². The number of primary amides is 1. The number of thiophene rings is 1. The van der Waals surface area contributed by atoms with Gasteiger partial charge in [-0.25, -0.2) is 9.97 Å². The van der Waals surface area contributed by atoms with E-state index >= 15 is 0 Å². The van der Waals surface area contributed by atoms with Gasteiger partial charge in [0.2, 0.25) is 5.91 Å². The number of nitrogens with zero attached hydrogens (tertiary/aromatic N) is 2. The Labute approximate surface area is 192 Å². The van der Waals surface area contributed by atoms with Crippen molar-refractivity contribution < 1.29 is 14.0 Å². The number of hydrogen-bond acceptors (Lipinski definition) is 7. The fourth-order valence-electron chi connectivity index (χ4n) is 3.88. The number of carbonyl (C=O) groups is 2. The van der Waals surface area contributed by atoms with E-state index in [2.05, 4.69) is 15.3 Å². The van der Waals surface area contributed by atoms with Crippen LogP contribution in [0.5, 0.6) is 0 Å². The van der Waals surface area contributed by atoms with Crippen LogP contribution < -0.4 is 11.1 Å². The molecule has 2 amide bonds. The Kier molecular flexibility index (Phi) is 5.67. The standard InChI is InChI=1S/C23H20N4O3S2/c24-20(29)19-14-7-2-4-10-17(14)32-23(19)26-18(28)12-31-22-13-6-1-3-8-15(13)25-21(27-22)16-9-5-11-30-16/h1,3,5-6,8-9,11H,2,4,7,10,12H2,(H2,24,29)(H,26,28). The Morgan fingerprint density at radius 1 is 1.12 bits per heavy atom. The predicted octanol–water partition coefficient (Wildman–Crippen LogP) is 4.66. The van der Waals surface area contributed by atoms with Crippen molar-refractivity contribution in [3.05, 3.63) is 58.7 Å². The number of fused-ring (bicyclic) bond motifs is 2. The molecule has 162 valence electrons. The number of rotatable bonds is 6. The van der Waals surface area contributed by atoms with Crippen molar-refractivity contribution >= 4 is 50.8 Å². The molecule has 1 aliphatic carbocycles. The van der Waals surface area contributed by atoms with E-state index in [0.717, 1.165) is 47.0 Å². The molecule has 0 fully saturated rings. The summed E-state index contributed by atoms with van der Waals surface area (Å²) >= 11 is 2.78. The normalized spacial score (nSPS) is 13.1. The number of thioether (sulfide) groups is 1. The predicted molar refractivity (Wildman–Crippen MR) is 126 cm³/mol. The van der Waals surface area contributed by atoms with E-state index in [1.54, 1.807) is 18.4 Å². The van der Waals surface area contributed by atoms with Gasteiger partial charge in [-0.05, 0) is 49.4 Å². The van der Waals surface area contributed by atoms with E-state index in [1.165, 1.54) is 23.1 Å². The SMILES string of the molecule is NC(=O)c1c(NC(=O)CSc2nc(-c3ccco3)nc3ccccc23)sc2c1CCCC2. The van der Waals surface area contributed by atoms with Crippen LogP contribution in [0.3, 0.4) is 0 Å². The Bertz CT molecular complexity index is 1310. The molecule has 0 aliphatic heterocycles. The summed E-state index contributed by atoms with van der Waals surface area (Å²) in [5.41, 5.74) is 7.88. The van der Waals surface area contributed by atoms with Crippen LogP contribution in [-0.4, -0.2) is 27.5 Å². The van der Waals surface area contributed by atoms with Crippen LogP contribution >= 0.6 is 23.1 Å². The number of amides is 2. The lowest BCUT2D eigenvalue weighted by Crippen LogP contribution is -2.19. The lowest BCUT2D eigenvalue weighted by Gasteiger charge is -2.11. The van der Waals surface area contributed by atoms with Crippen molar-refractivity contribution in [2.24, 2.45) is 5.73 Å². The number of furan rings is 1. The molecule has 0 saturated heterocycles. The molecule has 0 unspecified atom stereocenters. The first-order valence-electron chi connectivity index (χ1n) is 10.3. The van der Waals surface area contributed by atoms with Gasteiger partial charge in [-0.15, -0.1) is 11.3 Å². The van der Waals surface area contributed by atoms with Crippen molar-refractivity contribution in [1.82, 2.24) is 9.97 Å². The second-order valence-electron chi connectivity index (χ2n) is 7.46. The highest BCUT2D eigenvalue weighted by molar-refractivity contribution is 8.00. The van der Waals surface area contributed by atoms with Crippen molar-refractivity contribution in [3.8, 4) is 11.6 Å². The quantitative estimate of drug-likeness (QED) is 0.317. The monoisotopic (exact) mass is 464 g/mol. The van der Waals surface area contributed by atoms with Crippen LogP contribution in [0.4, 0.5) is 5.00 Å². The summed E-state index contributed by atoms with van der Waals surface area (Å²) in [6.07, 6.45) is 5.45. The topological polar surface area (TPSA) is 111 Å². The maximum Gasteiger partial charge on any atom is 0.251 e. The van der Waals surface area contributed by atoms with E-state index in [1.807, 2.05) is 24.3 Å². The lowest BCUT2D eigenvalue weighted by atomic mass is 9.95. The summed E-state index contributed by atoms with van der Waals surface area (Å²) in [6, 6.07) is 11.2. The Morgan fingerprint density at radius 2 is 1.97 bits per heavy atom. The maximum atomic E-state index is 12.8. The third-order valence-electron chi connectivity index (χ3n) is 5.32. The highest BCUT2D eigenvalue weighted by atomic mass is 32.2. The van der Waals surface area contributed by atoms with Gasteiger partial charge in [-0.1, -0.05) is 30.0 Å². The fraction of sp³-hybridized carbons (Fsp3) is 0.217. The zero-order valence-corrected chi connectivity index (χ0v) is 18.7. The van der Waals surface area contributed by atoms with E-state index < -0.39 is 5.91 Å². The zero-order chi connectivity index (χ0) is 22.1. The average Bonchev–Trinajstić information content (AvgIpc) is 3.45. The number of carbonyl (C=O) groups excluding carboxylic acids is 2. The van der Waals surface area contributed by atoms with Crippen molar-refractivity contribution in [2.45, 2.75) is 30.7 Å². The van der Waals surface area contributed by atoms with Crippen molar-refractivity contribution in [1.29, 1.82) is 0 Å². The number of aryl methyl sites for hydroxylation is 1. The van der Waals surface area contributed by atoms with Gasteiger partial charge in [0, 0.05) is 10.3 Å². The largest absolute Gasteiger partial charge is 0.461 e. The Morgan fingerprint density at radius 3 is 2.78 bits per heavy atom. The smallest absolute Gasteiger partial charge is 0.251 e. The number of para-hydroxylation sites is 1. The van der Waals surface area contributed by atoms with Gasteiger partial charge in [-0.2, -0.15) is 0 Å².